The van der Waals surface area contributed by atoms with E-state index in [0.29, 0.717) is 11.7 Å². The summed E-state index contributed by atoms with van der Waals surface area (Å²) in [6.07, 6.45) is 3.33. The van der Waals surface area contributed by atoms with Crippen LogP contribution in [0.4, 0.5) is 0 Å². The fourth-order valence-electron chi connectivity index (χ4n) is 1.56. The van der Waals surface area contributed by atoms with Crippen molar-refractivity contribution < 1.29 is 9.63 Å². The largest absolute Gasteiger partial charge is 0.508 e. The molecule has 0 saturated heterocycles. The van der Waals surface area contributed by atoms with E-state index in [4.69, 9.17) is 4.52 Å². The average molecular weight is 239 g/mol. The first-order valence-electron chi connectivity index (χ1n) is 5.36. The summed E-state index contributed by atoms with van der Waals surface area (Å²) in [6, 6.07) is 10.2. The van der Waals surface area contributed by atoms with Crippen LogP contribution < -0.4 is 0 Å². The van der Waals surface area contributed by atoms with Crippen LogP contribution in [0, 0.1) is 0 Å². The fourth-order valence-corrected chi connectivity index (χ4v) is 1.56. The van der Waals surface area contributed by atoms with Crippen LogP contribution in [0.3, 0.4) is 0 Å². The van der Waals surface area contributed by atoms with Crippen molar-refractivity contribution in [2.75, 3.05) is 0 Å². The van der Waals surface area contributed by atoms with Crippen LogP contribution in [0.5, 0.6) is 5.75 Å². The second-order valence-corrected chi connectivity index (χ2v) is 3.71. The smallest absolute Gasteiger partial charge is 0.258 e. The summed E-state index contributed by atoms with van der Waals surface area (Å²) >= 11 is 0. The SMILES string of the molecule is Oc1ccc(-c2noc(-c3ccncc3)n2)cc1. The molecule has 0 saturated carbocycles. The lowest BCUT2D eigenvalue weighted by molar-refractivity contribution is 0.432. The topological polar surface area (TPSA) is 72.0 Å². The van der Waals surface area contributed by atoms with Crippen molar-refractivity contribution in [3.05, 3.63) is 48.8 Å². The van der Waals surface area contributed by atoms with Gasteiger partial charge in [0.1, 0.15) is 5.75 Å². The van der Waals surface area contributed by atoms with Crippen LogP contribution in [-0.4, -0.2) is 20.2 Å². The number of aromatic hydroxyl groups is 1. The summed E-state index contributed by atoms with van der Waals surface area (Å²) in [4.78, 5) is 8.22. The highest BCUT2D eigenvalue weighted by Gasteiger charge is 2.09. The van der Waals surface area contributed by atoms with E-state index in [9.17, 15) is 5.11 Å². The first kappa shape index (κ1) is 10.5. The Balaban J connectivity index is 1.97. The minimum atomic E-state index is 0.205. The van der Waals surface area contributed by atoms with Crippen molar-refractivity contribution in [3.8, 4) is 28.6 Å². The van der Waals surface area contributed by atoms with E-state index in [2.05, 4.69) is 15.1 Å². The molecule has 1 N–H and O–H groups in total. The Bertz CT molecular complexity index is 648. The average Bonchev–Trinajstić information content (AvgIpc) is 2.90. The number of pyridine rings is 1. The molecule has 0 aliphatic rings. The zero-order valence-corrected chi connectivity index (χ0v) is 9.32. The predicted molar refractivity (Wildman–Crippen MR) is 64.6 cm³/mol. The van der Waals surface area contributed by atoms with Crippen LogP contribution in [-0.2, 0) is 0 Å². The normalized spacial score (nSPS) is 10.4. The molecule has 0 atom stereocenters. The zero-order valence-electron chi connectivity index (χ0n) is 9.32. The third-order valence-electron chi connectivity index (χ3n) is 2.48. The van der Waals surface area contributed by atoms with Gasteiger partial charge in [0.15, 0.2) is 0 Å². The number of phenolic OH excluding ortho intramolecular Hbond substituents is 1. The first-order valence-corrected chi connectivity index (χ1v) is 5.36. The van der Waals surface area contributed by atoms with Crippen molar-refractivity contribution in [2.45, 2.75) is 0 Å². The maximum Gasteiger partial charge on any atom is 0.258 e. The molecule has 0 spiro atoms. The molecule has 0 bridgehead atoms. The van der Waals surface area contributed by atoms with E-state index in [0.717, 1.165) is 11.1 Å². The summed E-state index contributed by atoms with van der Waals surface area (Å²) in [5.74, 6) is 1.14. The summed E-state index contributed by atoms with van der Waals surface area (Å²) in [5.41, 5.74) is 1.61. The molecule has 0 fully saturated rings. The first-order chi connectivity index (χ1) is 8.83. The Morgan fingerprint density at radius 3 is 2.33 bits per heavy atom. The Kier molecular flexibility index (Phi) is 2.49. The number of rotatable bonds is 2. The van der Waals surface area contributed by atoms with Gasteiger partial charge in [-0.1, -0.05) is 5.16 Å². The molecule has 0 aliphatic heterocycles. The highest BCUT2D eigenvalue weighted by molar-refractivity contribution is 5.59. The molecule has 18 heavy (non-hydrogen) atoms. The molecule has 2 aromatic heterocycles. The van der Waals surface area contributed by atoms with Crippen LogP contribution >= 0.6 is 0 Å². The van der Waals surface area contributed by atoms with Crippen molar-refractivity contribution >= 4 is 0 Å². The van der Waals surface area contributed by atoms with Crippen molar-refractivity contribution in [1.29, 1.82) is 0 Å². The third-order valence-corrected chi connectivity index (χ3v) is 2.48. The van der Waals surface area contributed by atoms with E-state index < -0.39 is 0 Å². The van der Waals surface area contributed by atoms with Gasteiger partial charge in [-0.15, -0.1) is 0 Å². The Labute approximate surface area is 103 Å². The maximum absolute atomic E-state index is 9.22. The minimum absolute atomic E-state index is 0.205. The van der Waals surface area contributed by atoms with Gasteiger partial charge in [-0.25, -0.2) is 0 Å². The molecule has 3 rings (SSSR count). The van der Waals surface area contributed by atoms with E-state index in [1.165, 1.54) is 0 Å². The van der Waals surface area contributed by atoms with Gasteiger partial charge in [-0.05, 0) is 36.4 Å². The number of benzene rings is 1. The monoisotopic (exact) mass is 239 g/mol. The molecule has 5 heteroatoms. The summed E-state index contributed by atoms with van der Waals surface area (Å²) in [5, 5.41) is 13.1. The predicted octanol–water partition coefficient (Wildman–Crippen LogP) is 2.50. The lowest BCUT2D eigenvalue weighted by Crippen LogP contribution is -1.81. The summed E-state index contributed by atoms with van der Waals surface area (Å²) < 4.78 is 5.18. The minimum Gasteiger partial charge on any atom is -0.508 e. The lowest BCUT2D eigenvalue weighted by Gasteiger charge is -1.94. The molecule has 2 heterocycles. The molecular weight excluding hydrogens is 230 g/mol. The molecule has 88 valence electrons. The molecule has 1 aromatic carbocycles. The van der Waals surface area contributed by atoms with Gasteiger partial charge in [0.25, 0.3) is 5.89 Å². The van der Waals surface area contributed by atoms with E-state index in [1.54, 1.807) is 48.8 Å². The van der Waals surface area contributed by atoms with Gasteiger partial charge in [0.2, 0.25) is 5.82 Å². The maximum atomic E-state index is 9.22. The van der Waals surface area contributed by atoms with Gasteiger partial charge >= 0.3 is 0 Å². The molecule has 0 radical (unpaired) electrons. The molecule has 0 unspecified atom stereocenters. The molecule has 3 aromatic rings. The molecular formula is C13H9N3O2. The van der Waals surface area contributed by atoms with Gasteiger partial charge in [0.05, 0.1) is 0 Å². The third kappa shape index (κ3) is 1.93. The van der Waals surface area contributed by atoms with Gasteiger partial charge in [0, 0.05) is 23.5 Å². The van der Waals surface area contributed by atoms with Crippen LogP contribution in [0.1, 0.15) is 0 Å². The highest BCUT2D eigenvalue weighted by atomic mass is 16.5. The Morgan fingerprint density at radius 1 is 0.889 bits per heavy atom. The zero-order chi connectivity index (χ0) is 12.4. The standard InChI is InChI=1S/C13H9N3O2/c17-11-3-1-9(2-4-11)12-15-13(18-16-12)10-5-7-14-8-6-10/h1-8,17H. The Hall–Kier alpha value is -2.69. The quantitative estimate of drug-likeness (QED) is 0.743. The fraction of sp³-hybridized carbons (Fsp3) is 0. The van der Waals surface area contributed by atoms with Crippen LogP contribution in [0.15, 0.2) is 53.3 Å². The number of phenols is 1. The van der Waals surface area contributed by atoms with E-state index in [-0.39, 0.29) is 5.75 Å². The number of nitrogens with zero attached hydrogens (tertiary/aromatic N) is 3. The highest BCUT2D eigenvalue weighted by Crippen LogP contribution is 2.22. The number of hydrogen-bond donors (Lipinski definition) is 1. The number of aromatic nitrogens is 3. The second-order valence-electron chi connectivity index (χ2n) is 3.71. The van der Waals surface area contributed by atoms with E-state index in [1.807, 2.05) is 0 Å². The van der Waals surface area contributed by atoms with Crippen molar-refractivity contribution in [3.63, 3.8) is 0 Å². The Morgan fingerprint density at radius 2 is 1.61 bits per heavy atom. The molecule has 0 aliphatic carbocycles. The summed E-state index contributed by atoms with van der Waals surface area (Å²) in [7, 11) is 0. The van der Waals surface area contributed by atoms with Crippen LogP contribution in [0.2, 0.25) is 0 Å². The lowest BCUT2D eigenvalue weighted by atomic mass is 10.2. The summed E-state index contributed by atoms with van der Waals surface area (Å²) in [6.45, 7) is 0. The molecule has 5 nitrogen and oxygen atoms in total. The van der Waals surface area contributed by atoms with Gasteiger partial charge in [-0.3, -0.25) is 4.98 Å². The van der Waals surface area contributed by atoms with Crippen molar-refractivity contribution in [2.24, 2.45) is 0 Å². The number of hydrogen-bond acceptors (Lipinski definition) is 5. The second kappa shape index (κ2) is 4.29. The van der Waals surface area contributed by atoms with Crippen molar-refractivity contribution in [1.82, 2.24) is 15.1 Å². The van der Waals surface area contributed by atoms with Gasteiger partial charge < -0.3 is 9.63 Å². The van der Waals surface area contributed by atoms with Gasteiger partial charge in [-0.2, -0.15) is 4.98 Å². The molecule has 0 amide bonds. The van der Waals surface area contributed by atoms with E-state index >= 15 is 0 Å². The van der Waals surface area contributed by atoms with Crippen LogP contribution in [0.25, 0.3) is 22.8 Å².